The average molecular weight is 453 g/mol. The fraction of sp³-hybridized carbons (Fsp3) is 0.652. The summed E-state index contributed by atoms with van der Waals surface area (Å²) in [7, 11) is 0. The highest BCUT2D eigenvalue weighted by molar-refractivity contribution is 5.89. The van der Waals surface area contributed by atoms with Gasteiger partial charge in [0, 0.05) is 17.8 Å². The molecule has 7 rings (SSSR count). The van der Waals surface area contributed by atoms with Crippen LogP contribution in [0, 0.1) is 24.7 Å². The maximum Gasteiger partial charge on any atom is 0.226 e. The van der Waals surface area contributed by atoms with Crippen molar-refractivity contribution in [2.24, 2.45) is 17.8 Å². The van der Waals surface area contributed by atoms with Crippen LogP contribution in [-0.4, -0.2) is 58.4 Å². The normalized spacial score (nSPS) is 31.3. The van der Waals surface area contributed by atoms with Gasteiger partial charge in [-0.05, 0) is 63.2 Å². The maximum absolute atomic E-state index is 10.9. The first-order valence-electron chi connectivity index (χ1n) is 12.1. The number of aryl methyl sites for hydroxylation is 1. The van der Waals surface area contributed by atoms with E-state index in [0.717, 1.165) is 49.6 Å². The van der Waals surface area contributed by atoms with Crippen LogP contribution in [0.25, 0.3) is 11.0 Å². The molecule has 10 heteroatoms. The van der Waals surface area contributed by atoms with E-state index in [4.69, 9.17) is 9.97 Å². The molecule has 4 aliphatic rings. The number of H-pyrrole nitrogens is 1. The molecule has 4 fully saturated rings. The molecule has 0 spiro atoms. The van der Waals surface area contributed by atoms with Crippen LogP contribution in [0.4, 0.5) is 17.6 Å². The molecule has 3 aromatic heterocycles. The SMILES string of the molecule is CCC(CO)n1ncc2c(Nc3cc(C)[nH]n3)nc(NC3C4CC5CC3CC(O)(C5)C4)nc21. The largest absolute Gasteiger partial charge is 0.394 e. The van der Waals surface area contributed by atoms with Crippen LogP contribution in [0.15, 0.2) is 12.3 Å². The summed E-state index contributed by atoms with van der Waals surface area (Å²) in [5, 5.41) is 40.4. The van der Waals surface area contributed by atoms with E-state index < -0.39 is 5.60 Å². The van der Waals surface area contributed by atoms with Crippen LogP contribution in [0.3, 0.4) is 0 Å². The first-order chi connectivity index (χ1) is 15.9. The zero-order valence-electron chi connectivity index (χ0n) is 19.1. The molecule has 0 amide bonds. The number of hydrogen-bond donors (Lipinski definition) is 5. The molecule has 4 bridgehead atoms. The first kappa shape index (κ1) is 20.9. The Bertz CT molecular complexity index is 1150. The van der Waals surface area contributed by atoms with E-state index in [1.165, 1.54) is 0 Å². The van der Waals surface area contributed by atoms with Crippen molar-refractivity contribution < 1.29 is 10.2 Å². The van der Waals surface area contributed by atoms with E-state index in [-0.39, 0.29) is 18.7 Å². The zero-order chi connectivity index (χ0) is 22.7. The quantitative estimate of drug-likeness (QED) is 0.369. The van der Waals surface area contributed by atoms with Crippen molar-refractivity contribution in [2.45, 2.75) is 70.1 Å². The minimum absolute atomic E-state index is 0.00584. The molecule has 4 saturated carbocycles. The molecule has 3 atom stereocenters. The highest BCUT2D eigenvalue weighted by atomic mass is 16.3. The van der Waals surface area contributed by atoms with E-state index in [9.17, 15) is 10.2 Å². The standard InChI is InChI=1S/C23H32N8O2/c1-3-16(11-32)31-21-17(10-24-31)20(25-18-4-12(2)29-30-18)27-22(28-21)26-19-14-5-13-6-15(19)9-23(33,7-13)8-14/h4,10,13-16,19,32-33H,3,5-9,11H2,1-2H3,(H3,25,26,27,28,29,30). The van der Waals surface area contributed by atoms with Crippen LogP contribution in [0.5, 0.6) is 0 Å². The van der Waals surface area contributed by atoms with Gasteiger partial charge in [0.15, 0.2) is 11.5 Å². The van der Waals surface area contributed by atoms with Crippen LogP contribution in [0.2, 0.25) is 0 Å². The van der Waals surface area contributed by atoms with Crippen molar-refractivity contribution in [2.75, 3.05) is 17.2 Å². The summed E-state index contributed by atoms with van der Waals surface area (Å²) >= 11 is 0. The van der Waals surface area contributed by atoms with Gasteiger partial charge in [0.05, 0.1) is 29.8 Å². The third-order valence-corrected chi connectivity index (χ3v) is 7.97. The van der Waals surface area contributed by atoms with Gasteiger partial charge in [-0.1, -0.05) is 6.92 Å². The Morgan fingerprint density at radius 1 is 1.24 bits per heavy atom. The maximum atomic E-state index is 10.9. The molecule has 0 aromatic carbocycles. The molecule has 3 unspecified atom stereocenters. The molecular formula is C23H32N8O2. The van der Waals surface area contributed by atoms with E-state index >= 15 is 0 Å². The van der Waals surface area contributed by atoms with E-state index in [0.29, 0.717) is 41.0 Å². The fourth-order valence-electron chi connectivity index (χ4n) is 6.70. The summed E-state index contributed by atoms with van der Waals surface area (Å²) in [6, 6.07) is 2.03. The van der Waals surface area contributed by atoms with Crippen LogP contribution >= 0.6 is 0 Å². The zero-order valence-corrected chi connectivity index (χ0v) is 19.1. The predicted molar refractivity (Wildman–Crippen MR) is 124 cm³/mol. The first-order valence-corrected chi connectivity index (χ1v) is 12.1. The number of nitrogens with zero attached hydrogens (tertiary/aromatic N) is 5. The van der Waals surface area contributed by atoms with Crippen LogP contribution < -0.4 is 10.6 Å². The van der Waals surface area contributed by atoms with Gasteiger partial charge < -0.3 is 20.8 Å². The smallest absolute Gasteiger partial charge is 0.226 e. The van der Waals surface area contributed by atoms with Crippen molar-refractivity contribution in [1.82, 2.24) is 29.9 Å². The molecule has 10 nitrogen and oxygen atoms in total. The third kappa shape index (κ3) is 3.56. The van der Waals surface area contributed by atoms with Crippen LogP contribution in [0.1, 0.15) is 57.2 Å². The van der Waals surface area contributed by atoms with E-state index in [1.807, 2.05) is 19.9 Å². The minimum Gasteiger partial charge on any atom is -0.394 e. The van der Waals surface area contributed by atoms with Crippen molar-refractivity contribution in [3.05, 3.63) is 18.0 Å². The summed E-state index contributed by atoms with van der Waals surface area (Å²) in [5.41, 5.74) is 1.17. The minimum atomic E-state index is -0.474. The van der Waals surface area contributed by atoms with Crippen molar-refractivity contribution in [1.29, 1.82) is 0 Å². The number of aliphatic hydroxyl groups excluding tert-OH is 1. The molecule has 5 N–H and O–H groups in total. The van der Waals surface area contributed by atoms with Gasteiger partial charge in [0.1, 0.15) is 5.82 Å². The highest BCUT2D eigenvalue weighted by Crippen LogP contribution is 2.56. The Morgan fingerprint density at radius 2 is 2.03 bits per heavy atom. The lowest BCUT2D eigenvalue weighted by molar-refractivity contribution is -0.129. The second-order valence-corrected chi connectivity index (χ2v) is 10.4. The monoisotopic (exact) mass is 452 g/mol. The van der Waals surface area contributed by atoms with E-state index in [1.54, 1.807) is 10.9 Å². The summed E-state index contributed by atoms with van der Waals surface area (Å²) in [6.07, 6.45) is 7.50. The molecular weight excluding hydrogens is 420 g/mol. The lowest BCUT2D eigenvalue weighted by Gasteiger charge is -2.58. The number of fused-ring (bicyclic) bond motifs is 1. The summed E-state index contributed by atoms with van der Waals surface area (Å²) in [5.74, 6) is 3.39. The topological polar surface area (TPSA) is 137 Å². The highest BCUT2D eigenvalue weighted by Gasteiger charge is 2.54. The number of aromatic amines is 1. The molecule has 33 heavy (non-hydrogen) atoms. The third-order valence-electron chi connectivity index (χ3n) is 7.97. The summed E-state index contributed by atoms with van der Waals surface area (Å²) in [4.78, 5) is 9.70. The van der Waals surface area contributed by atoms with Gasteiger partial charge in [-0.15, -0.1) is 0 Å². The lowest BCUT2D eigenvalue weighted by Crippen LogP contribution is -2.59. The van der Waals surface area contributed by atoms with Gasteiger partial charge in [-0.25, -0.2) is 4.68 Å². The second-order valence-electron chi connectivity index (χ2n) is 10.4. The molecule has 176 valence electrons. The molecule has 3 aromatic rings. The number of nitrogens with one attached hydrogen (secondary N) is 3. The van der Waals surface area contributed by atoms with Gasteiger partial charge in [0.2, 0.25) is 5.95 Å². The van der Waals surface area contributed by atoms with Gasteiger partial charge in [0.25, 0.3) is 0 Å². The summed E-state index contributed by atoms with van der Waals surface area (Å²) in [6.45, 7) is 3.97. The van der Waals surface area contributed by atoms with Crippen LogP contribution in [-0.2, 0) is 0 Å². The number of aromatic nitrogens is 6. The number of hydrogen-bond acceptors (Lipinski definition) is 8. The Morgan fingerprint density at radius 3 is 2.67 bits per heavy atom. The molecule has 0 radical (unpaired) electrons. The number of rotatable bonds is 7. The molecule has 4 aliphatic carbocycles. The lowest BCUT2D eigenvalue weighted by atomic mass is 9.52. The van der Waals surface area contributed by atoms with Gasteiger partial charge >= 0.3 is 0 Å². The average Bonchev–Trinajstić information content (AvgIpc) is 3.37. The Kier molecular flexibility index (Phi) is 4.84. The van der Waals surface area contributed by atoms with Gasteiger partial charge in [-0.3, -0.25) is 5.10 Å². The Balaban J connectivity index is 1.38. The van der Waals surface area contributed by atoms with E-state index in [2.05, 4.69) is 25.9 Å². The molecule has 0 saturated heterocycles. The van der Waals surface area contributed by atoms with Gasteiger partial charge in [-0.2, -0.15) is 20.2 Å². The molecule has 0 aliphatic heterocycles. The van der Waals surface area contributed by atoms with Crippen molar-refractivity contribution in [3.8, 4) is 0 Å². The predicted octanol–water partition coefficient (Wildman–Crippen LogP) is 2.90. The summed E-state index contributed by atoms with van der Waals surface area (Å²) < 4.78 is 1.79. The second kappa shape index (κ2) is 7.66. The Hall–Kier alpha value is -2.72. The number of aliphatic hydroxyl groups is 2. The van der Waals surface area contributed by atoms with Crippen molar-refractivity contribution in [3.63, 3.8) is 0 Å². The fourth-order valence-corrected chi connectivity index (χ4v) is 6.70. The number of anilines is 3. The Labute approximate surface area is 192 Å². The van der Waals surface area contributed by atoms with Crippen molar-refractivity contribution >= 4 is 28.6 Å². The molecule has 3 heterocycles.